The van der Waals surface area contributed by atoms with Gasteiger partial charge in [-0.25, -0.2) is 15.0 Å². The van der Waals surface area contributed by atoms with Crippen LogP contribution in [-0.2, 0) is 0 Å². The summed E-state index contributed by atoms with van der Waals surface area (Å²) in [7, 11) is 0. The molecule has 8 aromatic carbocycles. The Morgan fingerprint density at radius 1 is 0.291 bits per heavy atom. The highest BCUT2D eigenvalue weighted by Crippen LogP contribution is 2.43. The van der Waals surface area contributed by atoms with Gasteiger partial charge >= 0.3 is 0 Å². The smallest absolute Gasteiger partial charge is 0.164 e. The standard InChI is InChI=1S/C51H33N3S/c1-5-15-35(16-6-1)41-23-13-24-42(47(41)37-17-7-2-8-18-37)36-29-27-34(28-30-36)40-31-32-45-44(33-40)48-43(25-14-26-46(48)55-45)51-53-49(38-19-9-3-10-20-38)52-50(54-51)39-21-11-4-12-22-39/h1-33H. The second kappa shape index (κ2) is 14.1. The molecule has 10 aromatic rings. The van der Waals surface area contributed by atoms with Gasteiger partial charge in [-0.15, -0.1) is 11.3 Å². The summed E-state index contributed by atoms with van der Waals surface area (Å²) < 4.78 is 2.43. The van der Waals surface area contributed by atoms with Crippen LogP contribution in [-0.4, -0.2) is 15.0 Å². The fourth-order valence-corrected chi connectivity index (χ4v) is 8.64. The van der Waals surface area contributed by atoms with Crippen LogP contribution in [0.3, 0.4) is 0 Å². The second-order valence-corrected chi connectivity index (χ2v) is 14.7. The Labute approximate surface area is 323 Å². The van der Waals surface area contributed by atoms with Gasteiger partial charge in [0.15, 0.2) is 17.5 Å². The van der Waals surface area contributed by atoms with Crippen molar-refractivity contribution >= 4 is 31.5 Å². The van der Waals surface area contributed by atoms with Gasteiger partial charge in [0.25, 0.3) is 0 Å². The molecule has 0 N–H and O–H groups in total. The molecule has 55 heavy (non-hydrogen) atoms. The maximum Gasteiger partial charge on any atom is 0.164 e. The Bertz CT molecular complexity index is 2880. The largest absolute Gasteiger partial charge is 0.208 e. The average molecular weight is 720 g/mol. The van der Waals surface area contributed by atoms with Gasteiger partial charge in [-0.3, -0.25) is 0 Å². The molecule has 0 unspecified atom stereocenters. The van der Waals surface area contributed by atoms with Crippen LogP contribution >= 0.6 is 11.3 Å². The molecule has 2 heterocycles. The summed E-state index contributed by atoms with van der Waals surface area (Å²) in [6.07, 6.45) is 0. The lowest BCUT2D eigenvalue weighted by atomic mass is 9.87. The van der Waals surface area contributed by atoms with Crippen LogP contribution in [0.2, 0.25) is 0 Å². The molecule has 0 bridgehead atoms. The Morgan fingerprint density at radius 2 is 0.745 bits per heavy atom. The lowest BCUT2D eigenvalue weighted by molar-refractivity contribution is 1.08. The van der Waals surface area contributed by atoms with E-state index in [1.54, 1.807) is 11.3 Å². The first kappa shape index (κ1) is 32.6. The average Bonchev–Trinajstić information content (AvgIpc) is 3.65. The molecule has 0 radical (unpaired) electrons. The normalized spacial score (nSPS) is 11.3. The zero-order valence-corrected chi connectivity index (χ0v) is 30.6. The van der Waals surface area contributed by atoms with Crippen LogP contribution in [0, 0.1) is 0 Å². The highest BCUT2D eigenvalue weighted by molar-refractivity contribution is 7.26. The fraction of sp³-hybridized carbons (Fsp3) is 0. The molecule has 0 saturated carbocycles. The van der Waals surface area contributed by atoms with Gasteiger partial charge in [-0.1, -0.05) is 182 Å². The van der Waals surface area contributed by atoms with Crippen molar-refractivity contribution in [2.45, 2.75) is 0 Å². The summed E-state index contributed by atoms with van der Waals surface area (Å²) in [6.45, 7) is 0. The van der Waals surface area contributed by atoms with Gasteiger partial charge in [0.1, 0.15) is 0 Å². The predicted molar refractivity (Wildman–Crippen MR) is 231 cm³/mol. The Morgan fingerprint density at radius 3 is 1.35 bits per heavy atom. The first-order chi connectivity index (χ1) is 27.3. The fourth-order valence-electron chi connectivity index (χ4n) is 7.53. The maximum absolute atomic E-state index is 5.09. The molecule has 0 atom stereocenters. The third kappa shape index (κ3) is 6.19. The molecule has 10 rings (SSSR count). The van der Waals surface area contributed by atoms with E-state index in [2.05, 4.69) is 164 Å². The quantitative estimate of drug-likeness (QED) is 0.165. The van der Waals surface area contributed by atoms with E-state index >= 15 is 0 Å². The SMILES string of the molecule is c1ccc(-c2nc(-c3ccccc3)nc(-c3cccc4sc5ccc(-c6ccc(-c7cccc(-c8ccccc8)c7-c7ccccc7)cc6)cc5c34)n2)cc1. The second-order valence-electron chi connectivity index (χ2n) is 13.6. The Balaban J connectivity index is 1.08. The molecule has 0 amide bonds. The van der Waals surface area contributed by atoms with Crippen LogP contribution in [0.1, 0.15) is 0 Å². The summed E-state index contributed by atoms with van der Waals surface area (Å²) >= 11 is 1.80. The molecule has 2 aromatic heterocycles. The number of aromatic nitrogens is 3. The van der Waals surface area contributed by atoms with Crippen molar-refractivity contribution in [3.05, 3.63) is 200 Å². The van der Waals surface area contributed by atoms with E-state index < -0.39 is 0 Å². The van der Waals surface area contributed by atoms with Crippen molar-refractivity contribution < 1.29 is 0 Å². The monoisotopic (exact) mass is 719 g/mol. The summed E-state index contributed by atoms with van der Waals surface area (Å²) in [6, 6.07) is 70.6. The third-order valence-corrected chi connectivity index (χ3v) is 11.3. The summed E-state index contributed by atoms with van der Waals surface area (Å²) in [5.41, 5.74) is 12.5. The minimum Gasteiger partial charge on any atom is -0.208 e. The number of nitrogens with zero attached hydrogens (tertiary/aromatic N) is 3. The van der Waals surface area contributed by atoms with Crippen molar-refractivity contribution in [2.75, 3.05) is 0 Å². The van der Waals surface area contributed by atoms with Crippen LogP contribution in [0.15, 0.2) is 200 Å². The van der Waals surface area contributed by atoms with E-state index in [-0.39, 0.29) is 0 Å². The molecule has 0 spiro atoms. The number of benzene rings is 8. The van der Waals surface area contributed by atoms with E-state index in [1.807, 2.05) is 36.4 Å². The van der Waals surface area contributed by atoms with Gasteiger partial charge < -0.3 is 0 Å². The minimum absolute atomic E-state index is 0.659. The Kier molecular flexibility index (Phi) is 8.36. The van der Waals surface area contributed by atoms with E-state index in [4.69, 9.17) is 15.0 Å². The van der Waals surface area contributed by atoms with Crippen LogP contribution < -0.4 is 0 Å². The van der Waals surface area contributed by atoms with Gasteiger partial charge in [-0.2, -0.15) is 0 Å². The van der Waals surface area contributed by atoms with Gasteiger partial charge in [-0.05, 0) is 62.7 Å². The lowest BCUT2D eigenvalue weighted by Crippen LogP contribution is -2.00. The van der Waals surface area contributed by atoms with Crippen molar-refractivity contribution in [2.24, 2.45) is 0 Å². The number of rotatable bonds is 7. The summed E-state index contributed by atoms with van der Waals surface area (Å²) in [5, 5.41) is 2.36. The van der Waals surface area contributed by atoms with Crippen LogP contribution in [0.25, 0.3) is 98.8 Å². The van der Waals surface area contributed by atoms with E-state index in [9.17, 15) is 0 Å². The molecule has 0 aliphatic rings. The topological polar surface area (TPSA) is 38.7 Å². The van der Waals surface area contributed by atoms with E-state index in [0.717, 1.165) is 22.1 Å². The van der Waals surface area contributed by atoms with Crippen molar-refractivity contribution in [1.82, 2.24) is 15.0 Å². The predicted octanol–water partition coefficient (Wildman–Crippen LogP) is 13.9. The first-order valence-electron chi connectivity index (χ1n) is 18.4. The highest BCUT2D eigenvalue weighted by atomic mass is 32.1. The minimum atomic E-state index is 0.659. The molecular weight excluding hydrogens is 687 g/mol. The van der Waals surface area contributed by atoms with E-state index in [1.165, 1.54) is 59.3 Å². The number of hydrogen-bond acceptors (Lipinski definition) is 4. The van der Waals surface area contributed by atoms with Crippen molar-refractivity contribution in [1.29, 1.82) is 0 Å². The van der Waals surface area contributed by atoms with Crippen LogP contribution in [0.5, 0.6) is 0 Å². The first-order valence-corrected chi connectivity index (χ1v) is 19.3. The van der Waals surface area contributed by atoms with Crippen molar-refractivity contribution in [3.8, 4) is 78.7 Å². The van der Waals surface area contributed by atoms with Gasteiger partial charge in [0.2, 0.25) is 0 Å². The Hall–Kier alpha value is -7.01. The molecule has 0 saturated heterocycles. The molecular formula is C51H33N3S. The van der Waals surface area contributed by atoms with Crippen molar-refractivity contribution in [3.63, 3.8) is 0 Å². The van der Waals surface area contributed by atoms with Gasteiger partial charge in [0.05, 0.1) is 0 Å². The zero-order valence-electron chi connectivity index (χ0n) is 29.8. The zero-order chi connectivity index (χ0) is 36.6. The lowest BCUT2D eigenvalue weighted by Gasteiger charge is -2.16. The highest BCUT2D eigenvalue weighted by Gasteiger charge is 2.18. The third-order valence-electron chi connectivity index (χ3n) is 10.2. The maximum atomic E-state index is 5.09. The van der Waals surface area contributed by atoms with Gasteiger partial charge in [0, 0.05) is 36.9 Å². The molecule has 3 nitrogen and oxygen atoms in total. The number of thiophene rings is 1. The number of fused-ring (bicyclic) bond motifs is 3. The summed E-state index contributed by atoms with van der Waals surface area (Å²) in [4.78, 5) is 15.1. The summed E-state index contributed by atoms with van der Waals surface area (Å²) in [5.74, 6) is 1.98. The molecule has 4 heteroatoms. The molecule has 258 valence electrons. The molecule has 0 aliphatic heterocycles. The molecule has 0 aliphatic carbocycles. The van der Waals surface area contributed by atoms with E-state index in [0.29, 0.717) is 17.5 Å². The molecule has 0 fully saturated rings. The van der Waals surface area contributed by atoms with Crippen LogP contribution in [0.4, 0.5) is 0 Å². The number of hydrogen-bond donors (Lipinski definition) is 0.